The normalized spacial score (nSPS) is 13.8. The average molecular weight is 446 g/mol. The molecular formula is C26H31N5O2. The van der Waals surface area contributed by atoms with E-state index in [4.69, 9.17) is 14.7 Å². The first-order chi connectivity index (χ1) is 16.0. The third-order valence-electron chi connectivity index (χ3n) is 5.93. The van der Waals surface area contributed by atoms with E-state index in [0.29, 0.717) is 19.0 Å². The highest BCUT2D eigenvalue weighted by molar-refractivity contribution is 5.89. The van der Waals surface area contributed by atoms with Crippen LogP contribution in [0, 0.1) is 6.92 Å². The zero-order valence-corrected chi connectivity index (χ0v) is 19.7. The third-order valence-corrected chi connectivity index (χ3v) is 5.93. The number of ether oxygens (including phenoxy) is 1. The fourth-order valence-electron chi connectivity index (χ4n) is 4.20. The Kier molecular flexibility index (Phi) is 6.77. The molecule has 1 saturated heterocycles. The molecule has 0 bridgehead atoms. The molecule has 0 radical (unpaired) electrons. The van der Waals surface area contributed by atoms with Crippen molar-refractivity contribution in [3.63, 3.8) is 0 Å². The third kappa shape index (κ3) is 5.08. The van der Waals surface area contributed by atoms with Gasteiger partial charge in [-0.15, -0.1) is 0 Å². The highest BCUT2D eigenvalue weighted by atomic mass is 16.5. The van der Waals surface area contributed by atoms with Gasteiger partial charge >= 0.3 is 6.03 Å². The van der Waals surface area contributed by atoms with E-state index in [-0.39, 0.29) is 6.03 Å². The van der Waals surface area contributed by atoms with Crippen molar-refractivity contribution in [2.75, 3.05) is 43.5 Å². The molecule has 0 atom stereocenters. The maximum absolute atomic E-state index is 12.8. The van der Waals surface area contributed by atoms with Gasteiger partial charge in [0.25, 0.3) is 0 Å². The highest BCUT2D eigenvalue weighted by Crippen LogP contribution is 2.31. The molecule has 4 rings (SSSR count). The summed E-state index contributed by atoms with van der Waals surface area (Å²) in [6.07, 6.45) is 0. The molecule has 0 saturated carbocycles. The Balaban J connectivity index is 1.49. The lowest BCUT2D eigenvalue weighted by molar-refractivity contribution is 0.208. The summed E-state index contributed by atoms with van der Waals surface area (Å²) in [6.45, 7) is 9.12. The molecule has 1 aliphatic rings. The van der Waals surface area contributed by atoms with E-state index in [1.165, 1.54) is 5.56 Å². The van der Waals surface area contributed by atoms with Gasteiger partial charge in [-0.2, -0.15) is 0 Å². The number of nitrogens with zero attached hydrogens (tertiary/aromatic N) is 4. The fraction of sp³-hybridized carbons (Fsp3) is 0.346. The molecule has 1 N–H and O–H groups in total. The van der Waals surface area contributed by atoms with Crippen LogP contribution in [-0.4, -0.2) is 54.2 Å². The summed E-state index contributed by atoms with van der Waals surface area (Å²) in [5.41, 5.74) is 3.94. The lowest BCUT2D eigenvalue weighted by Gasteiger charge is -2.37. The van der Waals surface area contributed by atoms with Gasteiger partial charge in [0.15, 0.2) is 5.82 Å². The van der Waals surface area contributed by atoms with Crippen LogP contribution in [0.15, 0.2) is 54.6 Å². The Morgan fingerprint density at radius 3 is 2.24 bits per heavy atom. The molecule has 1 aromatic heterocycles. The number of methoxy groups -OCH3 is 1. The molecular weight excluding hydrogens is 414 g/mol. The summed E-state index contributed by atoms with van der Waals surface area (Å²) in [4.78, 5) is 26.7. The van der Waals surface area contributed by atoms with Gasteiger partial charge in [0, 0.05) is 48.7 Å². The molecule has 0 aliphatic carbocycles. The van der Waals surface area contributed by atoms with Crippen LogP contribution in [0.5, 0.6) is 5.75 Å². The first kappa shape index (κ1) is 22.6. The number of hydrogen-bond acceptors (Lipinski definition) is 5. The Morgan fingerprint density at radius 2 is 1.64 bits per heavy atom. The van der Waals surface area contributed by atoms with E-state index in [0.717, 1.165) is 47.4 Å². The zero-order chi connectivity index (χ0) is 23.4. The number of aromatic nitrogens is 2. The second-order valence-corrected chi connectivity index (χ2v) is 8.52. The lowest BCUT2D eigenvalue weighted by atomic mass is 10.0. The van der Waals surface area contributed by atoms with Gasteiger partial charge in [-0.25, -0.2) is 14.8 Å². The summed E-state index contributed by atoms with van der Waals surface area (Å²) in [5, 5.41) is 2.97. The lowest BCUT2D eigenvalue weighted by Crippen LogP contribution is -2.50. The highest BCUT2D eigenvalue weighted by Gasteiger charge is 2.26. The molecule has 7 heteroatoms. The van der Waals surface area contributed by atoms with E-state index in [2.05, 4.69) is 31.0 Å². The molecule has 7 nitrogen and oxygen atoms in total. The smallest absolute Gasteiger partial charge is 0.321 e. The van der Waals surface area contributed by atoms with Crippen molar-refractivity contribution in [3.8, 4) is 17.1 Å². The number of carbonyl (C=O) groups excluding carboxylic acids is 1. The van der Waals surface area contributed by atoms with Crippen LogP contribution in [0.3, 0.4) is 0 Å². The number of aryl methyl sites for hydroxylation is 1. The van der Waals surface area contributed by atoms with E-state index in [1.54, 1.807) is 7.11 Å². The molecule has 2 aromatic carbocycles. The Morgan fingerprint density at radius 1 is 0.970 bits per heavy atom. The van der Waals surface area contributed by atoms with E-state index < -0.39 is 0 Å². The summed E-state index contributed by atoms with van der Waals surface area (Å²) in [7, 11) is 1.62. The minimum atomic E-state index is -0.0901. The van der Waals surface area contributed by atoms with Crippen LogP contribution in [0.2, 0.25) is 0 Å². The van der Waals surface area contributed by atoms with Crippen molar-refractivity contribution >= 4 is 17.5 Å². The number of amides is 2. The van der Waals surface area contributed by atoms with Crippen LogP contribution < -0.4 is 15.0 Å². The van der Waals surface area contributed by atoms with Crippen molar-refractivity contribution in [2.45, 2.75) is 26.7 Å². The van der Waals surface area contributed by atoms with Crippen molar-refractivity contribution in [3.05, 3.63) is 65.9 Å². The number of benzene rings is 2. The van der Waals surface area contributed by atoms with E-state index in [1.807, 2.05) is 59.5 Å². The molecule has 1 fully saturated rings. The summed E-state index contributed by atoms with van der Waals surface area (Å²) in [5.74, 6) is 2.79. The van der Waals surface area contributed by atoms with Crippen molar-refractivity contribution in [1.29, 1.82) is 0 Å². The van der Waals surface area contributed by atoms with Crippen LogP contribution in [0.4, 0.5) is 16.3 Å². The van der Waals surface area contributed by atoms with Gasteiger partial charge in [0.2, 0.25) is 0 Å². The van der Waals surface area contributed by atoms with Gasteiger partial charge < -0.3 is 19.9 Å². The number of hydrogen-bond donors (Lipinski definition) is 1. The van der Waals surface area contributed by atoms with Crippen molar-refractivity contribution in [2.24, 2.45) is 0 Å². The minimum Gasteiger partial charge on any atom is -0.497 e. The molecule has 2 amide bonds. The zero-order valence-electron chi connectivity index (χ0n) is 19.7. The van der Waals surface area contributed by atoms with Crippen LogP contribution >= 0.6 is 0 Å². The predicted molar refractivity (Wildman–Crippen MR) is 132 cm³/mol. The SMILES string of the molecule is COc1ccc(NC(=O)N2CCN(c3nc(-c4ccccc4)nc(C)c3C(C)C)CC2)cc1. The van der Waals surface area contributed by atoms with Gasteiger partial charge in [-0.1, -0.05) is 44.2 Å². The Hall–Kier alpha value is -3.61. The number of anilines is 2. The summed E-state index contributed by atoms with van der Waals surface area (Å²) >= 11 is 0. The Bertz CT molecular complexity index is 1090. The predicted octanol–water partition coefficient (Wildman–Crippen LogP) is 4.94. The minimum absolute atomic E-state index is 0.0901. The van der Waals surface area contributed by atoms with E-state index >= 15 is 0 Å². The first-order valence-corrected chi connectivity index (χ1v) is 11.3. The van der Waals surface area contributed by atoms with Crippen molar-refractivity contribution in [1.82, 2.24) is 14.9 Å². The van der Waals surface area contributed by atoms with Gasteiger partial charge in [-0.3, -0.25) is 0 Å². The number of rotatable bonds is 5. The largest absolute Gasteiger partial charge is 0.497 e. The van der Waals surface area contributed by atoms with E-state index in [9.17, 15) is 4.79 Å². The van der Waals surface area contributed by atoms with Gasteiger partial charge in [0.1, 0.15) is 11.6 Å². The average Bonchev–Trinajstić information content (AvgIpc) is 2.84. The van der Waals surface area contributed by atoms with Crippen molar-refractivity contribution < 1.29 is 9.53 Å². The summed E-state index contributed by atoms with van der Waals surface area (Å²) in [6, 6.07) is 17.3. The standard InChI is InChI=1S/C26H31N5O2/c1-18(2)23-19(3)27-24(20-8-6-5-7-9-20)29-25(23)30-14-16-31(17-15-30)26(32)28-21-10-12-22(33-4)13-11-21/h5-13,18H,14-17H2,1-4H3,(H,28,32). The molecule has 1 aliphatic heterocycles. The summed E-state index contributed by atoms with van der Waals surface area (Å²) < 4.78 is 5.18. The number of piperazine rings is 1. The number of nitrogens with one attached hydrogen (secondary N) is 1. The Labute approximate surface area is 195 Å². The molecule has 172 valence electrons. The topological polar surface area (TPSA) is 70.6 Å². The molecule has 33 heavy (non-hydrogen) atoms. The monoisotopic (exact) mass is 445 g/mol. The van der Waals surface area contributed by atoms with Crippen LogP contribution in [0.1, 0.15) is 31.0 Å². The van der Waals surface area contributed by atoms with Crippen LogP contribution in [-0.2, 0) is 0 Å². The first-order valence-electron chi connectivity index (χ1n) is 11.3. The molecule has 0 spiro atoms. The number of carbonyl (C=O) groups is 1. The second-order valence-electron chi connectivity index (χ2n) is 8.52. The second kappa shape index (κ2) is 9.90. The number of urea groups is 1. The van der Waals surface area contributed by atoms with Crippen LogP contribution in [0.25, 0.3) is 11.4 Å². The maximum atomic E-state index is 12.8. The quantitative estimate of drug-likeness (QED) is 0.602. The molecule has 0 unspecified atom stereocenters. The van der Waals surface area contributed by atoms with Gasteiger partial charge in [0.05, 0.1) is 7.11 Å². The maximum Gasteiger partial charge on any atom is 0.321 e. The fourth-order valence-corrected chi connectivity index (χ4v) is 4.20. The van der Waals surface area contributed by atoms with Gasteiger partial charge in [-0.05, 0) is 37.1 Å². The molecule has 3 aromatic rings. The molecule has 2 heterocycles.